The fourth-order valence-electron chi connectivity index (χ4n) is 2.49. The van der Waals surface area contributed by atoms with Gasteiger partial charge in [0, 0.05) is 30.5 Å². The summed E-state index contributed by atoms with van der Waals surface area (Å²) in [7, 11) is 0. The third kappa shape index (κ3) is 6.47. The summed E-state index contributed by atoms with van der Waals surface area (Å²) in [6.07, 6.45) is -0.314. The number of amides is 3. The number of likely N-dealkylation sites (tertiary alicyclic amines) is 1. The summed E-state index contributed by atoms with van der Waals surface area (Å²) in [6.45, 7) is 7.08. The number of halogens is 1. The Morgan fingerprint density at radius 3 is 2.62 bits per heavy atom. The van der Waals surface area contributed by atoms with Crippen molar-refractivity contribution >= 4 is 46.7 Å². The van der Waals surface area contributed by atoms with Crippen LogP contribution in [0.1, 0.15) is 20.8 Å². The van der Waals surface area contributed by atoms with E-state index >= 15 is 0 Å². The molecule has 0 saturated carbocycles. The average molecular weight is 440 g/mol. The lowest BCUT2D eigenvalue weighted by atomic mass is 10.0. The van der Waals surface area contributed by atoms with Crippen LogP contribution >= 0.6 is 22.9 Å². The molecule has 11 heteroatoms. The van der Waals surface area contributed by atoms with E-state index in [0.29, 0.717) is 41.7 Å². The normalized spacial score (nSPS) is 14.1. The molecule has 0 spiro atoms. The van der Waals surface area contributed by atoms with Gasteiger partial charge in [0.2, 0.25) is 5.88 Å². The molecule has 156 valence electrons. The fraction of sp³-hybridized carbons (Fsp3) is 0.444. The highest BCUT2D eigenvalue weighted by atomic mass is 35.5. The van der Waals surface area contributed by atoms with Crippen LogP contribution in [-0.2, 0) is 4.74 Å². The number of hydrogen-bond acceptors (Lipinski definition) is 7. The van der Waals surface area contributed by atoms with Crippen LogP contribution in [0, 0.1) is 5.92 Å². The Labute approximate surface area is 177 Å². The van der Waals surface area contributed by atoms with Gasteiger partial charge in [0.1, 0.15) is 17.2 Å². The van der Waals surface area contributed by atoms with E-state index in [1.807, 2.05) is 20.8 Å². The van der Waals surface area contributed by atoms with E-state index in [0.717, 1.165) is 0 Å². The second-order valence-electron chi connectivity index (χ2n) is 7.49. The Hall–Kier alpha value is -2.59. The number of thiazole rings is 1. The number of anilines is 2. The summed E-state index contributed by atoms with van der Waals surface area (Å²) in [5.41, 5.74) is -0.506. The number of ether oxygens (including phenoxy) is 2. The SMILES string of the molecule is CC(C)(C)OC(=O)N1CC(COc2cccc(NC(=O)Nc3csc(Cl)n3)n2)C1. The third-order valence-corrected chi connectivity index (χ3v) is 4.74. The largest absolute Gasteiger partial charge is 0.477 e. The topological polar surface area (TPSA) is 106 Å². The Balaban J connectivity index is 1.42. The van der Waals surface area contributed by atoms with E-state index in [-0.39, 0.29) is 12.0 Å². The number of rotatable bonds is 5. The molecule has 0 unspecified atom stereocenters. The van der Waals surface area contributed by atoms with Gasteiger partial charge in [-0.3, -0.25) is 10.6 Å². The maximum Gasteiger partial charge on any atom is 0.410 e. The molecule has 2 N–H and O–H groups in total. The van der Waals surface area contributed by atoms with E-state index in [4.69, 9.17) is 21.1 Å². The maximum absolute atomic E-state index is 12.0. The lowest BCUT2D eigenvalue weighted by Gasteiger charge is -2.39. The Morgan fingerprint density at radius 2 is 1.97 bits per heavy atom. The van der Waals surface area contributed by atoms with Gasteiger partial charge in [-0.2, -0.15) is 4.98 Å². The van der Waals surface area contributed by atoms with Crippen molar-refractivity contribution in [2.75, 3.05) is 30.3 Å². The van der Waals surface area contributed by atoms with Gasteiger partial charge in [0.05, 0.1) is 6.61 Å². The van der Waals surface area contributed by atoms with Crippen LogP contribution < -0.4 is 15.4 Å². The van der Waals surface area contributed by atoms with Crippen molar-refractivity contribution in [2.24, 2.45) is 5.92 Å². The van der Waals surface area contributed by atoms with Gasteiger partial charge in [0.25, 0.3) is 0 Å². The highest BCUT2D eigenvalue weighted by Crippen LogP contribution is 2.21. The van der Waals surface area contributed by atoms with Crippen molar-refractivity contribution in [3.8, 4) is 5.88 Å². The standard InChI is InChI=1S/C18H22ClN5O4S/c1-18(2,3)28-17(26)24-7-11(8-24)9-27-14-6-4-5-12(20-14)22-16(25)23-13-10-29-15(19)21-13/h4-6,10-11H,7-9H2,1-3H3,(H2,20,22,23,25). The number of hydrogen-bond donors (Lipinski definition) is 2. The Kier molecular flexibility index (Phi) is 6.43. The number of urea groups is 1. The van der Waals surface area contributed by atoms with Crippen LogP contribution in [0.4, 0.5) is 21.2 Å². The quantitative estimate of drug-likeness (QED) is 0.727. The van der Waals surface area contributed by atoms with Crippen LogP contribution in [0.15, 0.2) is 23.6 Å². The minimum Gasteiger partial charge on any atom is -0.477 e. The van der Waals surface area contributed by atoms with Crippen molar-refractivity contribution in [3.63, 3.8) is 0 Å². The van der Waals surface area contributed by atoms with E-state index < -0.39 is 11.6 Å². The van der Waals surface area contributed by atoms with Crippen LogP contribution in [0.3, 0.4) is 0 Å². The number of nitrogens with one attached hydrogen (secondary N) is 2. The van der Waals surface area contributed by atoms with Crippen molar-refractivity contribution in [3.05, 3.63) is 28.0 Å². The summed E-state index contributed by atoms with van der Waals surface area (Å²) >= 11 is 6.95. The van der Waals surface area contributed by atoms with Crippen LogP contribution in [-0.4, -0.2) is 52.3 Å². The summed E-state index contributed by atoms with van der Waals surface area (Å²) in [5.74, 6) is 1.30. The molecule has 3 heterocycles. The molecule has 0 bridgehead atoms. The number of carbonyl (C=O) groups is 2. The first-order chi connectivity index (χ1) is 13.7. The molecule has 3 amide bonds. The molecular formula is C18H22ClN5O4S. The second kappa shape index (κ2) is 8.83. The summed E-state index contributed by atoms with van der Waals surface area (Å²) in [4.78, 5) is 33.8. The predicted molar refractivity (Wildman–Crippen MR) is 111 cm³/mol. The zero-order chi connectivity index (χ0) is 21.0. The first-order valence-electron chi connectivity index (χ1n) is 8.95. The number of nitrogens with zero attached hydrogens (tertiary/aromatic N) is 3. The lowest BCUT2D eigenvalue weighted by molar-refractivity contribution is -0.00806. The van der Waals surface area contributed by atoms with Crippen LogP contribution in [0.5, 0.6) is 5.88 Å². The minimum atomic E-state index is -0.506. The lowest BCUT2D eigenvalue weighted by Crippen LogP contribution is -2.53. The first-order valence-corrected chi connectivity index (χ1v) is 10.2. The van der Waals surface area contributed by atoms with Crippen molar-refractivity contribution in [1.29, 1.82) is 0 Å². The van der Waals surface area contributed by atoms with E-state index in [2.05, 4.69) is 20.6 Å². The fourth-order valence-corrected chi connectivity index (χ4v) is 3.19. The molecule has 0 aliphatic carbocycles. The Bertz CT molecular complexity index is 879. The molecule has 0 aromatic carbocycles. The molecule has 1 fully saturated rings. The number of pyridine rings is 1. The monoisotopic (exact) mass is 439 g/mol. The van der Waals surface area contributed by atoms with Gasteiger partial charge < -0.3 is 14.4 Å². The molecule has 1 aliphatic rings. The third-order valence-electron chi connectivity index (χ3n) is 3.76. The first kappa shape index (κ1) is 21.1. The Morgan fingerprint density at radius 1 is 1.24 bits per heavy atom. The molecule has 3 rings (SSSR count). The van der Waals surface area contributed by atoms with Crippen molar-refractivity contribution in [1.82, 2.24) is 14.9 Å². The van der Waals surface area contributed by atoms with E-state index in [1.165, 1.54) is 11.3 Å². The molecule has 0 radical (unpaired) electrons. The number of aromatic nitrogens is 2. The summed E-state index contributed by atoms with van der Waals surface area (Å²) in [6, 6.07) is 4.59. The minimum absolute atomic E-state index is 0.207. The molecule has 0 atom stereocenters. The van der Waals surface area contributed by atoms with Gasteiger partial charge >= 0.3 is 12.1 Å². The highest BCUT2D eigenvalue weighted by molar-refractivity contribution is 7.14. The maximum atomic E-state index is 12.0. The second-order valence-corrected chi connectivity index (χ2v) is 8.93. The zero-order valence-electron chi connectivity index (χ0n) is 16.3. The predicted octanol–water partition coefficient (Wildman–Crippen LogP) is 4.08. The molecular weight excluding hydrogens is 418 g/mol. The van der Waals surface area contributed by atoms with Gasteiger partial charge in [-0.05, 0) is 26.8 Å². The number of carbonyl (C=O) groups excluding carboxylic acids is 2. The van der Waals surface area contributed by atoms with E-state index in [9.17, 15) is 9.59 Å². The molecule has 2 aromatic heterocycles. The average Bonchev–Trinajstić information content (AvgIpc) is 2.96. The van der Waals surface area contributed by atoms with Crippen molar-refractivity contribution < 1.29 is 19.1 Å². The van der Waals surface area contributed by atoms with Crippen molar-refractivity contribution in [2.45, 2.75) is 26.4 Å². The summed E-state index contributed by atoms with van der Waals surface area (Å²) < 4.78 is 11.4. The summed E-state index contributed by atoms with van der Waals surface area (Å²) in [5, 5.41) is 6.81. The van der Waals surface area contributed by atoms with Crippen LogP contribution in [0.25, 0.3) is 0 Å². The zero-order valence-corrected chi connectivity index (χ0v) is 17.8. The van der Waals surface area contributed by atoms with Gasteiger partial charge in [-0.1, -0.05) is 17.7 Å². The smallest absolute Gasteiger partial charge is 0.410 e. The molecule has 9 nitrogen and oxygen atoms in total. The molecule has 1 saturated heterocycles. The van der Waals surface area contributed by atoms with Gasteiger partial charge in [-0.25, -0.2) is 14.6 Å². The van der Waals surface area contributed by atoms with E-state index in [1.54, 1.807) is 28.5 Å². The molecule has 1 aliphatic heterocycles. The molecule has 2 aromatic rings. The van der Waals surface area contributed by atoms with Crippen LogP contribution in [0.2, 0.25) is 4.47 Å². The van der Waals surface area contributed by atoms with Gasteiger partial charge in [0.15, 0.2) is 4.47 Å². The highest BCUT2D eigenvalue weighted by Gasteiger charge is 2.34. The molecule has 29 heavy (non-hydrogen) atoms. The van der Waals surface area contributed by atoms with Gasteiger partial charge in [-0.15, -0.1) is 11.3 Å².